The number of anilines is 1. The van der Waals surface area contributed by atoms with Gasteiger partial charge >= 0.3 is 0 Å². The van der Waals surface area contributed by atoms with E-state index in [2.05, 4.69) is 41.0 Å². The van der Waals surface area contributed by atoms with Crippen molar-refractivity contribution in [1.82, 2.24) is 9.88 Å². The second-order valence-electron chi connectivity index (χ2n) is 8.84. The number of aromatic nitrogens is 1. The predicted molar refractivity (Wildman–Crippen MR) is 137 cm³/mol. The summed E-state index contributed by atoms with van der Waals surface area (Å²) in [6.45, 7) is 9.61. The van der Waals surface area contributed by atoms with E-state index >= 15 is 0 Å². The van der Waals surface area contributed by atoms with Crippen LogP contribution in [-0.2, 0) is 6.42 Å². The molecule has 35 heavy (non-hydrogen) atoms. The third-order valence-electron chi connectivity index (χ3n) is 6.55. The van der Waals surface area contributed by atoms with Gasteiger partial charge in [-0.25, -0.2) is 9.37 Å². The van der Waals surface area contributed by atoms with Crippen molar-refractivity contribution in [3.8, 4) is 23.0 Å². The van der Waals surface area contributed by atoms with Gasteiger partial charge in [-0.15, -0.1) is 0 Å². The van der Waals surface area contributed by atoms with Gasteiger partial charge in [-0.3, -0.25) is 0 Å². The molecule has 3 aromatic carbocycles. The minimum absolute atomic E-state index is 0.214. The van der Waals surface area contributed by atoms with Gasteiger partial charge in [0.1, 0.15) is 11.5 Å². The molecule has 0 radical (unpaired) electrons. The summed E-state index contributed by atoms with van der Waals surface area (Å²) in [4.78, 5) is 9.68. The first kappa shape index (κ1) is 23.1. The Bertz CT molecular complexity index is 1260. The maximum atomic E-state index is 13.8. The Labute approximate surface area is 205 Å². The molecule has 1 saturated heterocycles. The van der Waals surface area contributed by atoms with Crippen molar-refractivity contribution >= 4 is 5.69 Å². The lowest BCUT2D eigenvalue weighted by molar-refractivity contribution is 0.271. The molecule has 5 rings (SSSR count). The smallest absolute Gasteiger partial charge is 0.226 e. The topological polar surface area (TPSA) is 41.7 Å². The van der Waals surface area contributed by atoms with Gasteiger partial charge in [0.25, 0.3) is 0 Å². The Morgan fingerprint density at radius 2 is 1.63 bits per heavy atom. The standard InChI is InChI=1S/C29H30FN3O2/c1-3-32-16-18-33(19-17-32)24-12-10-23(11-13-24)29-31-27(21(2)34-29)20-22-8-14-25(15-9-22)35-28-7-5-4-6-26(28)30/h4-15H,3,16-20H2,1-2H3. The number of piperazine rings is 1. The largest absolute Gasteiger partial charge is 0.454 e. The number of ether oxygens (including phenoxy) is 1. The highest BCUT2D eigenvalue weighted by Crippen LogP contribution is 2.28. The molecule has 0 amide bonds. The summed E-state index contributed by atoms with van der Waals surface area (Å²) in [7, 11) is 0. The zero-order chi connectivity index (χ0) is 24.2. The molecule has 0 aliphatic carbocycles. The highest BCUT2D eigenvalue weighted by atomic mass is 19.1. The van der Waals surface area contributed by atoms with E-state index in [1.165, 1.54) is 11.8 Å². The molecule has 0 saturated carbocycles. The van der Waals surface area contributed by atoms with Crippen molar-refractivity contribution in [3.63, 3.8) is 0 Å². The van der Waals surface area contributed by atoms with E-state index in [1.807, 2.05) is 31.2 Å². The molecule has 0 N–H and O–H groups in total. The molecule has 0 spiro atoms. The lowest BCUT2D eigenvalue weighted by atomic mass is 10.1. The number of oxazole rings is 1. The molecule has 1 aliphatic heterocycles. The number of aryl methyl sites for hydroxylation is 1. The van der Waals surface area contributed by atoms with Crippen LogP contribution in [0.5, 0.6) is 11.5 Å². The lowest BCUT2D eigenvalue weighted by Gasteiger charge is -2.35. The van der Waals surface area contributed by atoms with E-state index in [1.54, 1.807) is 18.2 Å². The summed E-state index contributed by atoms with van der Waals surface area (Å²) in [6, 6.07) is 22.5. The van der Waals surface area contributed by atoms with Crippen LogP contribution >= 0.6 is 0 Å². The van der Waals surface area contributed by atoms with Crippen LogP contribution < -0.4 is 9.64 Å². The zero-order valence-corrected chi connectivity index (χ0v) is 20.2. The molecule has 0 atom stereocenters. The molecule has 6 heteroatoms. The third kappa shape index (κ3) is 5.38. The Morgan fingerprint density at radius 3 is 2.31 bits per heavy atom. The van der Waals surface area contributed by atoms with Gasteiger partial charge in [-0.2, -0.15) is 0 Å². The van der Waals surface area contributed by atoms with E-state index in [4.69, 9.17) is 14.1 Å². The molecule has 0 bridgehead atoms. The first-order chi connectivity index (χ1) is 17.1. The fraction of sp³-hybridized carbons (Fsp3) is 0.276. The van der Waals surface area contributed by atoms with Gasteiger partial charge in [-0.1, -0.05) is 31.2 Å². The Hall–Kier alpha value is -3.64. The maximum absolute atomic E-state index is 13.8. The molecule has 4 aromatic rings. The van der Waals surface area contributed by atoms with Crippen LogP contribution in [0.4, 0.5) is 10.1 Å². The van der Waals surface area contributed by atoms with Crippen molar-refractivity contribution in [3.05, 3.63) is 95.6 Å². The van der Waals surface area contributed by atoms with Crippen LogP contribution in [0.2, 0.25) is 0 Å². The summed E-state index contributed by atoms with van der Waals surface area (Å²) < 4.78 is 25.5. The van der Waals surface area contributed by atoms with E-state index < -0.39 is 0 Å². The van der Waals surface area contributed by atoms with Crippen molar-refractivity contribution in [2.45, 2.75) is 20.3 Å². The van der Waals surface area contributed by atoms with Gasteiger partial charge < -0.3 is 19.0 Å². The van der Waals surface area contributed by atoms with Crippen LogP contribution in [0, 0.1) is 12.7 Å². The van der Waals surface area contributed by atoms with Gasteiger partial charge in [0.05, 0.1) is 5.69 Å². The van der Waals surface area contributed by atoms with Crippen LogP contribution in [0.25, 0.3) is 11.5 Å². The van der Waals surface area contributed by atoms with E-state index in [9.17, 15) is 4.39 Å². The summed E-state index contributed by atoms with van der Waals surface area (Å²) in [5.74, 6) is 1.87. The molecule has 180 valence electrons. The second-order valence-corrected chi connectivity index (χ2v) is 8.84. The average Bonchev–Trinajstić information content (AvgIpc) is 3.26. The number of nitrogens with zero attached hydrogens (tertiary/aromatic N) is 3. The SMILES string of the molecule is CCN1CCN(c2ccc(-c3nc(Cc4ccc(Oc5ccccc5F)cc4)c(C)o3)cc2)CC1. The third-order valence-corrected chi connectivity index (χ3v) is 6.55. The number of rotatable bonds is 7. The molecule has 1 aromatic heterocycles. The van der Waals surface area contributed by atoms with Gasteiger partial charge in [-0.05, 0) is 67.6 Å². The lowest BCUT2D eigenvalue weighted by Crippen LogP contribution is -2.46. The fourth-order valence-electron chi connectivity index (χ4n) is 4.38. The van der Waals surface area contributed by atoms with E-state index in [0.29, 0.717) is 18.1 Å². The highest BCUT2D eigenvalue weighted by Gasteiger charge is 2.17. The van der Waals surface area contributed by atoms with Crippen molar-refractivity contribution < 1.29 is 13.5 Å². The zero-order valence-electron chi connectivity index (χ0n) is 20.2. The number of hydrogen-bond acceptors (Lipinski definition) is 5. The quantitative estimate of drug-likeness (QED) is 0.316. The number of hydrogen-bond donors (Lipinski definition) is 0. The van der Waals surface area contributed by atoms with Crippen molar-refractivity contribution in [2.75, 3.05) is 37.6 Å². The molecule has 1 aliphatic rings. The normalized spacial score (nSPS) is 14.3. The van der Waals surface area contributed by atoms with Gasteiger partial charge in [0.2, 0.25) is 5.89 Å². The van der Waals surface area contributed by atoms with Gasteiger partial charge in [0.15, 0.2) is 11.6 Å². The van der Waals surface area contributed by atoms with Gasteiger partial charge in [0, 0.05) is 43.9 Å². The summed E-state index contributed by atoms with van der Waals surface area (Å²) in [6.07, 6.45) is 0.648. The number of benzene rings is 3. The Kier molecular flexibility index (Phi) is 6.82. The summed E-state index contributed by atoms with van der Waals surface area (Å²) in [5, 5.41) is 0. The number of para-hydroxylation sites is 1. The summed E-state index contributed by atoms with van der Waals surface area (Å²) in [5.41, 5.74) is 4.20. The van der Waals surface area contributed by atoms with Crippen LogP contribution in [0.3, 0.4) is 0 Å². The minimum Gasteiger partial charge on any atom is -0.454 e. The van der Waals surface area contributed by atoms with E-state index in [-0.39, 0.29) is 11.6 Å². The highest BCUT2D eigenvalue weighted by molar-refractivity contribution is 5.60. The van der Waals surface area contributed by atoms with Crippen molar-refractivity contribution in [1.29, 1.82) is 0 Å². The molecular formula is C29H30FN3O2. The first-order valence-corrected chi connectivity index (χ1v) is 12.1. The Morgan fingerprint density at radius 1 is 0.914 bits per heavy atom. The molecule has 5 nitrogen and oxygen atoms in total. The van der Waals surface area contributed by atoms with Crippen LogP contribution in [0.15, 0.2) is 77.2 Å². The summed E-state index contributed by atoms with van der Waals surface area (Å²) >= 11 is 0. The molecule has 2 heterocycles. The van der Waals surface area contributed by atoms with Crippen LogP contribution in [-0.4, -0.2) is 42.6 Å². The average molecular weight is 472 g/mol. The first-order valence-electron chi connectivity index (χ1n) is 12.1. The fourth-order valence-corrected chi connectivity index (χ4v) is 4.38. The predicted octanol–water partition coefficient (Wildman–Crippen LogP) is 6.31. The van der Waals surface area contributed by atoms with E-state index in [0.717, 1.165) is 55.3 Å². The minimum atomic E-state index is -0.380. The molecular weight excluding hydrogens is 441 g/mol. The second kappa shape index (κ2) is 10.3. The van der Waals surface area contributed by atoms with Crippen molar-refractivity contribution in [2.24, 2.45) is 0 Å². The maximum Gasteiger partial charge on any atom is 0.226 e. The monoisotopic (exact) mass is 471 g/mol. The molecule has 0 unspecified atom stereocenters. The Balaban J connectivity index is 1.24. The van der Waals surface area contributed by atoms with Crippen LogP contribution in [0.1, 0.15) is 23.9 Å². The number of halogens is 1. The number of likely N-dealkylation sites (N-methyl/N-ethyl adjacent to an activating group) is 1. The molecule has 1 fully saturated rings.